The molecule has 0 radical (unpaired) electrons. The van der Waals surface area contributed by atoms with Gasteiger partial charge in [-0.3, -0.25) is 0 Å². The van der Waals surface area contributed by atoms with Crippen LogP contribution in [-0.4, -0.2) is 52.8 Å². The third-order valence-corrected chi connectivity index (χ3v) is 4.10. The number of H-pyrrole nitrogens is 1. The molecule has 2 aliphatic rings. The summed E-state index contributed by atoms with van der Waals surface area (Å²) >= 11 is 0. The van der Waals surface area contributed by atoms with E-state index in [0.717, 1.165) is 25.0 Å². The van der Waals surface area contributed by atoms with Gasteiger partial charge in [-0.25, -0.2) is 5.10 Å². The second-order valence-corrected chi connectivity index (χ2v) is 5.46. The Bertz CT molecular complexity index is 376. The van der Waals surface area contributed by atoms with Crippen molar-refractivity contribution in [1.29, 1.82) is 0 Å². The normalized spacial score (nSPS) is 22.8. The Morgan fingerprint density at radius 3 is 2.50 bits per heavy atom. The van der Waals surface area contributed by atoms with Crippen LogP contribution in [0.1, 0.15) is 25.7 Å². The highest BCUT2D eigenvalue weighted by molar-refractivity contribution is 5.34. The molecule has 2 aliphatic heterocycles. The van der Waals surface area contributed by atoms with E-state index in [2.05, 4.69) is 25.0 Å². The number of piperidine rings is 1. The smallest absolute Gasteiger partial charge is 0.246 e. The molecule has 0 unspecified atom stereocenters. The lowest BCUT2D eigenvalue weighted by Crippen LogP contribution is -2.38. The number of nitrogens with one attached hydrogen (secondary N) is 1. The highest BCUT2D eigenvalue weighted by atomic mass is 15.4. The van der Waals surface area contributed by atoms with Gasteiger partial charge in [-0.2, -0.15) is 4.98 Å². The second kappa shape index (κ2) is 5.14. The van der Waals surface area contributed by atoms with Gasteiger partial charge in [-0.15, -0.1) is 5.10 Å². The Morgan fingerprint density at radius 1 is 1.17 bits per heavy atom. The number of aromatic amines is 1. The summed E-state index contributed by atoms with van der Waals surface area (Å²) in [4.78, 5) is 9.03. The third kappa shape index (κ3) is 2.58. The number of likely N-dealkylation sites (tertiary alicyclic amines) is 1. The average molecular weight is 250 g/mol. The lowest BCUT2D eigenvalue weighted by atomic mass is 9.96. The highest BCUT2D eigenvalue weighted by Gasteiger charge is 2.24. The molecule has 3 heterocycles. The Morgan fingerprint density at radius 2 is 1.89 bits per heavy atom. The molecule has 18 heavy (non-hydrogen) atoms. The van der Waals surface area contributed by atoms with Crippen LogP contribution in [-0.2, 0) is 0 Å². The van der Waals surface area contributed by atoms with Crippen LogP contribution in [0.5, 0.6) is 0 Å². The van der Waals surface area contributed by atoms with Gasteiger partial charge in [0, 0.05) is 19.6 Å². The Labute approximate surface area is 108 Å². The van der Waals surface area contributed by atoms with E-state index < -0.39 is 0 Å². The van der Waals surface area contributed by atoms with E-state index in [0.29, 0.717) is 5.95 Å². The molecular formula is C12H22N6. The van der Waals surface area contributed by atoms with E-state index in [1.807, 2.05) is 0 Å². The van der Waals surface area contributed by atoms with Gasteiger partial charge in [-0.1, -0.05) is 0 Å². The first kappa shape index (κ1) is 11.8. The monoisotopic (exact) mass is 250 g/mol. The first-order valence-electron chi connectivity index (χ1n) is 6.96. The summed E-state index contributed by atoms with van der Waals surface area (Å²) in [6.45, 7) is 5.99. The van der Waals surface area contributed by atoms with Crippen molar-refractivity contribution in [2.45, 2.75) is 25.7 Å². The van der Waals surface area contributed by atoms with Gasteiger partial charge in [0.2, 0.25) is 11.9 Å². The molecule has 0 atom stereocenters. The van der Waals surface area contributed by atoms with Crippen LogP contribution in [0, 0.1) is 5.92 Å². The molecule has 6 nitrogen and oxygen atoms in total. The molecule has 0 spiro atoms. The fourth-order valence-electron chi connectivity index (χ4n) is 3.05. The molecule has 3 rings (SSSR count). The average Bonchev–Trinajstić information content (AvgIpc) is 3.02. The van der Waals surface area contributed by atoms with Crippen LogP contribution in [0.25, 0.3) is 0 Å². The van der Waals surface area contributed by atoms with Crippen LogP contribution in [0.3, 0.4) is 0 Å². The summed E-state index contributed by atoms with van der Waals surface area (Å²) < 4.78 is 0. The summed E-state index contributed by atoms with van der Waals surface area (Å²) in [6.07, 6.45) is 5.25. The SMILES string of the molecule is Nc1nc(N2CCC(CN3CCCC3)CC2)n[nH]1. The summed E-state index contributed by atoms with van der Waals surface area (Å²) in [7, 11) is 0. The first-order chi connectivity index (χ1) is 8.81. The number of nitrogens with zero attached hydrogens (tertiary/aromatic N) is 4. The third-order valence-electron chi connectivity index (χ3n) is 4.10. The van der Waals surface area contributed by atoms with Crippen LogP contribution in [0.4, 0.5) is 11.9 Å². The lowest BCUT2D eigenvalue weighted by molar-refractivity contribution is 0.249. The number of anilines is 2. The summed E-state index contributed by atoms with van der Waals surface area (Å²) in [5, 5.41) is 6.82. The molecule has 6 heteroatoms. The van der Waals surface area contributed by atoms with Crippen molar-refractivity contribution in [3.8, 4) is 0 Å². The Hall–Kier alpha value is -1.30. The molecule has 1 aromatic heterocycles. The van der Waals surface area contributed by atoms with Crippen molar-refractivity contribution in [2.75, 3.05) is 43.4 Å². The molecule has 0 amide bonds. The van der Waals surface area contributed by atoms with Crippen molar-refractivity contribution in [3.63, 3.8) is 0 Å². The van der Waals surface area contributed by atoms with Crippen LogP contribution >= 0.6 is 0 Å². The summed E-state index contributed by atoms with van der Waals surface area (Å²) in [6, 6.07) is 0. The number of rotatable bonds is 3. The van der Waals surface area contributed by atoms with E-state index in [4.69, 9.17) is 5.73 Å². The maximum absolute atomic E-state index is 5.56. The second-order valence-electron chi connectivity index (χ2n) is 5.46. The van der Waals surface area contributed by atoms with Crippen LogP contribution in [0.15, 0.2) is 0 Å². The van der Waals surface area contributed by atoms with Gasteiger partial charge in [0.05, 0.1) is 0 Å². The zero-order chi connectivity index (χ0) is 12.4. The van der Waals surface area contributed by atoms with Crippen molar-refractivity contribution >= 4 is 11.9 Å². The van der Waals surface area contributed by atoms with E-state index in [1.54, 1.807) is 0 Å². The van der Waals surface area contributed by atoms with Crippen molar-refractivity contribution in [1.82, 2.24) is 20.1 Å². The lowest BCUT2D eigenvalue weighted by Gasteiger charge is -2.33. The van der Waals surface area contributed by atoms with E-state index in [1.165, 1.54) is 45.3 Å². The first-order valence-corrected chi connectivity index (χ1v) is 6.96. The maximum Gasteiger partial charge on any atom is 0.246 e. The molecule has 2 fully saturated rings. The van der Waals surface area contributed by atoms with Gasteiger partial charge < -0.3 is 15.5 Å². The molecule has 1 aromatic rings. The summed E-state index contributed by atoms with van der Waals surface area (Å²) in [5.41, 5.74) is 5.56. The Kier molecular flexibility index (Phi) is 3.36. The largest absolute Gasteiger partial charge is 0.368 e. The quantitative estimate of drug-likeness (QED) is 0.826. The van der Waals surface area contributed by atoms with Crippen LogP contribution < -0.4 is 10.6 Å². The van der Waals surface area contributed by atoms with Gasteiger partial charge in [0.25, 0.3) is 0 Å². The standard InChI is InChI=1S/C12H22N6/c13-11-14-12(16-15-11)18-7-3-10(4-8-18)9-17-5-1-2-6-17/h10H,1-9H2,(H3,13,14,15,16). The fraction of sp³-hybridized carbons (Fsp3) is 0.833. The number of nitrogen functional groups attached to an aromatic ring is 1. The zero-order valence-electron chi connectivity index (χ0n) is 10.8. The van der Waals surface area contributed by atoms with Gasteiger partial charge >= 0.3 is 0 Å². The zero-order valence-corrected chi connectivity index (χ0v) is 10.8. The number of hydrogen-bond donors (Lipinski definition) is 2. The molecule has 0 saturated carbocycles. The molecule has 0 aliphatic carbocycles. The fourth-order valence-corrected chi connectivity index (χ4v) is 3.05. The van der Waals surface area contributed by atoms with Crippen LogP contribution in [0.2, 0.25) is 0 Å². The minimum absolute atomic E-state index is 0.407. The van der Waals surface area contributed by atoms with Crippen molar-refractivity contribution in [2.24, 2.45) is 5.92 Å². The topological polar surface area (TPSA) is 74.1 Å². The molecule has 100 valence electrons. The molecule has 0 bridgehead atoms. The van der Waals surface area contributed by atoms with E-state index in [-0.39, 0.29) is 0 Å². The predicted octanol–water partition coefficient (Wildman–Crippen LogP) is 0.699. The number of nitrogens with two attached hydrogens (primary N) is 1. The molecule has 0 aromatic carbocycles. The predicted molar refractivity (Wildman–Crippen MR) is 71.4 cm³/mol. The Balaban J connectivity index is 1.48. The summed E-state index contributed by atoms with van der Waals surface area (Å²) in [5.74, 6) is 2.01. The van der Waals surface area contributed by atoms with Gasteiger partial charge in [0.1, 0.15) is 0 Å². The minimum Gasteiger partial charge on any atom is -0.368 e. The molecule has 3 N–H and O–H groups in total. The van der Waals surface area contributed by atoms with E-state index >= 15 is 0 Å². The van der Waals surface area contributed by atoms with Gasteiger partial charge in [0.15, 0.2) is 0 Å². The van der Waals surface area contributed by atoms with Gasteiger partial charge in [-0.05, 0) is 44.7 Å². The van der Waals surface area contributed by atoms with E-state index in [9.17, 15) is 0 Å². The molecular weight excluding hydrogens is 228 g/mol. The van der Waals surface area contributed by atoms with Crippen molar-refractivity contribution < 1.29 is 0 Å². The number of hydrogen-bond acceptors (Lipinski definition) is 5. The number of aromatic nitrogens is 3. The molecule has 2 saturated heterocycles. The maximum atomic E-state index is 5.56. The highest BCUT2D eigenvalue weighted by Crippen LogP contribution is 2.23. The van der Waals surface area contributed by atoms with Crippen molar-refractivity contribution in [3.05, 3.63) is 0 Å². The minimum atomic E-state index is 0.407.